The topological polar surface area (TPSA) is 52.3 Å². The Bertz CT molecular complexity index is 93.6. The maximum atomic E-state index is 10.7. The molecule has 0 heterocycles. The van der Waals surface area contributed by atoms with Gasteiger partial charge in [-0.3, -0.25) is 4.79 Å². The second kappa shape index (κ2) is 6.55. The number of carbonyl (C=O) groups is 1. The number of hydrogen-bond acceptors (Lipinski definition) is 3. The Morgan fingerprint density at radius 1 is 1.60 bits per heavy atom. The number of ether oxygens (including phenoxy) is 1. The van der Waals surface area contributed by atoms with E-state index < -0.39 is 0 Å². The molecule has 0 aliphatic heterocycles. The van der Waals surface area contributed by atoms with E-state index in [1.54, 1.807) is 0 Å². The van der Waals surface area contributed by atoms with Crippen LogP contribution in [0.1, 0.15) is 26.2 Å². The number of nitrogens with two attached hydrogens (primary N) is 1. The van der Waals surface area contributed by atoms with Crippen molar-refractivity contribution in [3.63, 3.8) is 0 Å². The van der Waals surface area contributed by atoms with Gasteiger partial charge in [0.25, 0.3) is 0 Å². The van der Waals surface area contributed by atoms with Crippen molar-refractivity contribution in [3.8, 4) is 0 Å². The minimum Gasteiger partial charge on any atom is -0.466 e. The van der Waals surface area contributed by atoms with Crippen molar-refractivity contribution in [2.24, 2.45) is 5.73 Å². The second-order valence-corrected chi connectivity index (χ2v) is 2.11. The van der Waals surface area contributed by atoms with E-state index in [-0.39, 0.29) is 5.97 Å². The largest absolute Gasteiger partial charge is 0.466 e. The van der Waals surface area contributed by atoms with Crippen LogP contribution in [0.5, 0.6) is 0 Å². The molecule has 0 aliphatic rings. The van der Waals surface area contributed by atoms with Crippen LogP contribution < -0.4 is 5.73 Å². The molecule has 2 N–H and O–H groups in total. The van der Waals surface area contributed by atoms with E-state index in [4.69, 9.17) is 10.5 Å². The van der Waals surface area contributed by atoms with Gasteiger partial charge >= 0.3 is 5.97 Å². The van der Waals surface area contributed by atoms with Gasteiger partial charge in [-0.25, -0.2) is 0 Å². The van der Waals surface area contributed by atoms with Gasteiger partial charge in [0, 0.05) is 6.42 Å². The number of rotatable bonds is 5. The molecule has 0 atom stereocenters. The lowest BCUT2D eigenvalue weighted by molar-refractivity contribution is -0.143. The summed E-state index contributed by atoms with van der Waals surface area (Å²) in [6, 6.07) is 0. The van der Waals surface area contributed by atoms with E-state index in [0.29, 0.717) is 19.6 Å². The first-order chi connectivity index (χ1) is 4.81. The molecule has 0 saturated heterocycles. The van der Waals surface area contributed by atoms with Crippen molar-refractivity contribution < 1.29 is 9.53 Å². The highest BCUT2D eigenvalue weighted by Crippen LogP contribution is 1.91. The molecule has 10 heavy (non-hydrogen) atoms. The van der Waals surface area contributed by atoms with Gasteiger partial charge in [-0.2, -0.15) is 0 Å². The summed E-state index contributed by atoms with van der Waals surface area (Å²) in [7, 11) is 0. The van der Waals surface area contributed by atoms with Gasteiger partial charge in [0.15, 0.2) is 0 Å². The quantitative estimate of drug-likeness (QED) is 0.457. The van der Waals surface area contributed by atoms with Crippen molar-refractivity contribution in [1.82, 2.24) is 0 Å². The van der Waals surface area contributed by atoms with Crippen LogP contribution in [0.4, 0.5) is 0 Å². The van der Waals surface area contributed by atoms with Crippen LogP contribution in [-0.4, -0.2) is 19.1 Å². The molecule has 0 bridgehead atoms. The van der Waals surface area contributed by atoms with Gasteiger partial charge in [0.1, 0.15) is 0 Å². The fourth-order valence-corrected chi connectivity index (χ4v) is 0.546. The van der Waals surface area contributed by atoms with Gasteiger partial charge in [0.05, 0.1) is 6.61 Å². The van der Waals surface area contributed by atoms with Crippen LogP contribution in [0.3, 0.4) is 0 Å². The molecule has 0 aromatic rings. The standard InChI is InChI=1S/C7H15NO2/c1-2-4-7(9)10-6-3-5-8/h2-6,8H2,1H3. The zero-order valence-corrected chi connectivity index (χ0v) is 6.43. The first-order valence-corrected chi connectivity index (χ1v) is 3.67. The summed E-state index contributed by atoms with van der Waals surface area (Å²) in [5.41, 5.74) is 5.20. The lowest BCUT2D eigenvalue weighted by Gasteiger charge is -2.00. The smallest absolute Gasteiger partial charge is 0.305 e. The molecular formula is C7H15NO2. The van der Waals surface area contributed by atoms with Crippen LogP contribution in [0.15, 0.2) is 0 Å². The fraction of sp³-hybridized carbons (Fsp3) is 0.857. The predicted molar refractivity (Wildman–Crippen MR) is 39.5 cm³/mol. The van der Waals surface area contributed by atoms with Crippen LogP contribution >= 0.6 is 0 Å². The van der Waals surface area contributed by atoms with Crippen molar-refractivity contribution in [3.05, 3.63) is 0 Å². The number of carbonyl (C=O) groups excluding carboxylic acids is 1. The lowest BCUT2D eigenvalue weighted by atomic mass is 10.3. The normalized spacial score (nSPS) is 9.40. The van der Waals surface area contributed by atoms with E-state index in [9.17, 15) is 4.79 Å². The zero-order valence-electron chi connectivity index (χ0n) is 6.43. The third-order valence-corrected chi connectivity index (χ3v) is 1.07. The van der Waals surface area contributed by atoms with Crippen LogP contribution in [0.25, 0.3) is 0 Å². The third kappa shape index (κ3) is 5.56. The Morgan fingerprint density at radius 3 is 2.80 bits per heavy atom. The van der Waals surface area contributed by atoms with Crippen LogP contribution in [0, 0.1) is 0 Å². The molecule has 0 rings (SSSR count). The van der Waals surface area contributed by atoms with Gasteiger partial charge in [-0.1, -0.05) is 6.92 Å². The summed E-state index contributed by atoms with van der Waals surface area (Å²) >= 11 is 0. The van der Waals surface area contributed by atoms with E-state index in [0.717, 1.165) is 12.8 Å². The highest BCUT2D eigenvalue weighted by atomic mass is 16.5. The highest BCUT2D eigenvalue weighted by molar-refractivity contribution is 5.69. The van der Waals surface area contributed by atoms with Crippen molar-refractivity contribution in [2.75, 3.05) is 13.2 Å². The summed E-state index contributed by atoms with van der Waals surface area (Å²) in [6.45, 7) is 3.00. The van der Waals surface area contributed by atoms with Gasteiger partial charge in [0.2, 0.25) is 0 Å². The average molecular weight is 145 g/mol. The molecule has 0 saturated carbocycles. The molecule has 0 amide bonds. The Hall–Kier alpha value is -0.570. The monoisotopic (exact) mass is 145 g/mol. The Kier molecular flexibility index (Phi) is 6.18. The van der Waals surface area contributed by atoms with E-state index >= 15 is 0 Å². The summed E-state index contributed by atoms with van der Waals surface area (Å²) in [5, 5.41) is 0. The van der Waals surface area contributed by atoms with E-state index in [2.05, 4.69) is 0 Å². The summed E-state index contributed by atoms with van der Waals surface area (Å²) in [6.07, 6.45) is 2.13. The number of esters is 1. The van der Waals surface area contributed by atoms with Gasteiger partial charge in [-0.05, 0) is 19.4 Å². The molecular weight excluding hydrogens is 130 g/mol. The second-order valence-electron chi connectivity index (χ2n) is 2.11. The van der Waals surface area contributed by atoms with Crippen molar-refractivity contribution in [1.29, 1.82) is 0 Å². The maximum absolute atomic E-state index is 10.7. The van der Waals surface area contributed by atoms with Crippen LogP contribution in [0.2, 0.25) is 0 Å². The first-order valence-electron chi connectivity index (χ1n) is 3.67. The van der Waals surface area contributed by atoms with Crippen LogP contribution in [-0.2, 0) is 9.53 Å². The highest BCUT2D eigenvalue weighted by Gasteiger charge is 1.97. The molecule has 0 spiro atoms. The Morgan fingerprint density at radius 2 is 2.30 bits per heavy atom. The van der Waals surface area contributed by atoms with Gasteiger partial charge < -0.3 is 10.5 Å². The van der Waals surface area contributed by atoms with E-state index in [1.165, 1.54) is 0 Å². The molecule has 3 nitrogen and oxygen atoms in total. The summed E-state index contributed by atoms with van der Waals surface area (Å²) in [5.74, 6) is -0.115. The summed E-state index contributed by atoms with van der Waals surface area (Å²) < 4.78 is 4.80. The van der Waals surface area contributed by atoms with Crippen molar-refractivity contribution >= 4 is 5.97 Å². The number of hydrogen-bond donors (Lipinski definition) is 1. The minimum atomic E-state index is -0.115. The Labute approximate surface area is 61.5 Å². The average Bonchev–Trinajstić information content (AvgIpc) is 1.89. The van der Waals surface area contributed by atoms with E-state index in [1.807, 2.05) is 6.92 Å². The SMILES string of the molecule is CCCC(=O)OCCCN. The first kappa shape index (κ1) is 9.43. The molecule has 0 unspecified atom stereocenters. The molecule has 0 aromatic heterocycles. The molecule has 0 fully saturated rings. The third-order valence-electron chi connectivity index (χ3n) is 1.07. The Balaban J connectivity index is 3.05. The zero-order chi connectivity index (χ0) is 7.82. The lowest BCUT2D eigenvalue weighted by Crippen LogP contribution is -2.09. The minimum absolute atomic E-state index is 0.115. The molecule has 60 valence electrons. The fourth-order valence-electron chi connectivity index (χ4n) is 0.546. The van der Waals surface area contributed by atoms with Crippen molar-refractivity contribution in [2.45, 2.75) is 26.2 Å². The molecule has 0 aliphatic carbocycles. The predicted octanol–water partition coefficient (Wildman–Crippen LogP) is 0.678. The van der Waals surface area contributed by atoms with Gasteiger partial charge in [-0.15, -0.1) is 0 Å². The molecule has 3 heteroatoms. The summed E-state index contributed by atoms with van der Waals surface area (Å²) in [4.78, 5) is 10.7. The molecule has 0 radical (unpaired) electrons. The molecule has 0 aromatic carbocycles. The maximum Gasteiger partial charge on any atom is 0.305 e.